The number of carboxylic acid groups (broad SMARTS) is 1. The standard InChI is InChI=1S/C26H34N6O4/c1-18-8-9-19-20(32(18)26(35)36)10-11-21-25(19)27-22(12-14-30-13-6-5-7-23(30)33)31(21)16-15-29(4)17-24(34)28(2)3/h5-7,10-11,13,18H,8-9,12,14-17H2,1-4H3,(H,35,36). The van der Waals surface area contributed by atoms with Crippen molar-refractivity contribution in [3.63, 3.8) is 0 Å². The Bertz CT molecular complexity index is 1330. The number of carbonyl (C=O) groups excluding carboxylic acids is 1. The van der Waals surface area contributed by atoms with Gasteiger partial charge in [0.05, 0.1) is 23.3 Å². The van der Waals surface area contributed by atoms with E-state index >= 15 is 0 Å². The number of nitrogens with zero attached hydrogens (tertiary/aromatic N) is 6. The summed E-state index contributed by atoms with van der Waals surface area (Å²) in [4.78, 5) is 46.3. The van der Waals surface area contributed by atoms with Gasteiger partial charge in [-0.1, -0.05) is 6.07 Å². The summed E-state index contributed by atoms with van der Waals surface area (Å²) in [5, 5.41) is 9.81. The van der Waals surface area contributed by atoms with Crippen LogP contribution in [-0.2, 0) is 30.7 Å². The Kier molecular flexibility index (Phi) is 7.44. The van der Waals surface area contributed by atoms with E-state index in [2.05, 4.69) is 4.57 Å². The molecule has 4 rings (SSSR count). The molecule has 36 heavy (non-hydrogen) atoms. The third kappa shape index (κ3) is 5.13. The molecule has 192 valence electrons. The van der Waals surface area contributed by atoms with Crippen LogP contribution < -0.4 is 10.5 Å². The highest BCUT2D eigenvalue weighted by atomic mass is 16.4. The molecule has 0 radical (unpaired) electrons. The average Bonchev–Trinajstić information content (AvgIpc) is 3.19. The maximum Gasteiger partial charge on any atom is 0.412 e. The van der Waals surface area contributed by atoms with Gasteiger partial charge in [0.1, 0.15) is 5.82 Å². The van der Waals surface area contributed by atoms with Crippen LogP contribution in [0.5, 0.6) is 0 Å². The zero-order chi connectivity index (χ0) is 26.0. The highest BCUT2D eigenvalue weighted by molar-refractivity contribution is 5.94. The number of rotatable bonds is 8. The molecule has 0 aliphatic carbocycles. The number of hydrogen-bond acceptors (Lipinski definition) is 5. The van der Waals surface area contributed by atoms with Crippen molar-refractivity contribution in [2.75, 3.05) is 39.1 Å². The molecule has 0 bridgehead atoms. The number of hydrogen-bond donors (Lipinski definition) is 1. The quantitative estimate of drug-likeness (QED) is 0.515. The van der Waals surface area contributed by atoms with Crippen LogP contribution in [0.2, 0.25) is 0 Å². The smallest absolute Gasteiger partial charge is 0.412 e. The number of amides is 2. The molecular weight excluding hydrogens is 460 g/mol. The summed E-state index contributed by atoms with van der Waals surface area (Å²) in [5.74, 6) is 0.871. The first-order chi connectivity index (χ1) is 17.2. The van der Waals surface area contributed by atoms with Crippen LogP contribution in [0.4, 0.5) is 10.5 Å². The van der Waals surface area contributed by atoms with Gasteiger partial charge >= 0.3 is 6.09 Å². The van der Waals surface area contributed by atoms with Crippen molar-refractivity contribution in [2.45, 2.75) is 45.3 Å². The molecule has 0 saturated heterocycles. The maximum absolute atomic E-state index is 12.2. The van der Waals surface area contributed by atoms with Crippen molar-refractivity contribution in [1.29, 1.82) is 0 Å². The lowest BCUT2D eigenvalue weighted by atomic mass is 9.96. The molecule has 1 aliphatic rings. The van der Waals surface area contributed by atoms with Crippen molar-refractivity contribution >= 4 is 28.7 Å². The molecule has 1 unspecified atom stereocenters. The number of imidazole rings is 1. The molecule has 2 aromatic heterocycles. The van der Waals surface area contributed by atoms with Crippen LogP contribution >= 0.6 is 0 Å². The minimum atomic E-state index is -0.960. The largest absolute Gasteiger partial charge is 0.465 e. The number of fused-ring (bicyclic) bond motifs is 3. The van der Waals surface area contributed by atoms with E-state index in [1.807, 2.05) is 37.1 Å². The highest BCUT2D eigenvalue weighted by Gasteiger charge is 2.30. The normalized spacial score (nSPS) is 15.4. The molecular formula is C26H34N6O4. The van der Waals surface area contributed by atoms with E-state index in [0.29, 0.717) is 38.3 Å². The molecule has 10 nitrogen and oxygen atoms in total. The molecule has 1 aromatic carbocycles. The van der Waals surface area contributed by atoms with Gasteiger partial charge in [-0.2, -0.15) is 0 Å². The Hall–Kier alpha value is -3.66. The number of aromatic nitrogens is 3. The Balaban J connectivity index is 1.70. The summed E-state index contributed by atoms with van der Waals surface area (Å²) in [6, 6.07) is 8.82. The number of anilines is 1. The fourth-order valence-electron chi connectivity index (χ4n) is 4.80. The average molecular weight is 495 g/mol. The maximum atomic E-state index is 12.2. The summed E-state index contributed by atoms with van der Waals surface area (Å²) in [5.41, 5.74) is 3.33. The van der Waals surface area contributed by atoms with Gasteiger partial charge in [-0.3, -0.25) is 19.4 Å². The summed E-state index contributed by atoms with van der Waals surface area (Å²) < 4.78 is 3.80. The van der Waals surface area contributed by atoms with E-state index in [1.54, 1.807) is 35.8 Å². The first kappa shape index (κ1) is 25.4. The predicted molar refractivity (Wildman–Crippen MR) is 139 cm³/mol. The lowest BCUT2D eigenvalue weighted by Gasteiger charge is -2.33. The topological polar surface area (TPSA) is 104 Å². The molecule has 0 fully saturated rings. The second-order valence-electron chi connectivity index (χ2n) is 9.66. The third-order valence-electron chi connectivity index (χ3n) is 6.88. The van der Waals surface area contributed by atoms with E-state index < -0.39 is 6.09 Å². The summed E-state index contributed by atoms with van der Waals surface area (Å²) >= 11 is 0. The lowest BCUT2D eigenvalue weighted by molar-refractivity contribution is -0.129. The number of aryl methyl sites for hydroxylation is 3. The van der Waals surface area contributed by atoms with Gasteiger partial charge in [0.25, 0.3) is 5.56 Å². The van der Waals surface area contributed by atoms with E-state index in [0.717, 1.165) is 35.3 Å². The Labute approximate surface area is 210 Å². The Morgan fingerprint density at radius 3 is 2.61 bits per heavy atom. The van der Waals surface area contributed by atoms with Crippen molar-refractivity contribution in [1.82, 2.24) is 23.9 Å². The molecule has 0 spiro atoms. The first-order valence-electron chi connectivity index (χ1n) is 12.2. The van der Waals surface area contributed by atoms with E-state index in [1.165, 1.54) is 11.0 Å². The number of pyridine rings is 1. The van der Waals surface area contributed by atoms with Gasteiger partial charge in [0, 0.05) is 64.0 Å². The van der Waals surface area contributed by atoms with Crippen molar-refractivity contribution in [3.8, 4) is 0 Å². The van der Waals surface area contributed by atoms with Crippen LogP contribution in [0.3, 0.4) is 0 Å². The van der Waals surface area contributed by atoms with Crippen LogP contribution in [-0.4, -0.2) is 81.3 Å². The molecule has 10 heteroatoms. The molecule has 1 atom stereocenters. The van der Waals surface area contributed by atoms with Gasteiger partial charge in [-0.25, -0.2) is 9.78 Å². The molecule has 0 saturated carbocycles. The summed E-state index contributed by atoms with van der Waals surface area (Å²) in [7, 11) is 5.40. The Morgan fingerprint density at radius 2 is 1.92 bits per heavy atom. The number of benzene rings is 1. The van der Waals surface area contributed by atoms with Crippen molar-refractivity contribution < 1.29 is 14.7 Å². The zero-order valence-corrected chi connectivity index (χ0v) is 21.3. The van der Waals surface area contributed by atoms with Gasteiger partial charge in [-0.15, -0.1) is 0 Å². The fraction of sp³-hybridized carbons (Fsp3) is 0.462. The fourth-order valence-corrected chi connectivity index (χ4v) is 4.80. The second kappa shape index (κ2) is 10.5. The molecule has 1 N–H and O–H groups in total. The van der Waals surface area contributed by atoms with Crippen LogP contribution in [0.1, 0.15) is 24.7 Å². The van der Waals surface area contributed by atoms with Gasteiger partial charge in [-0.05, 0) is 45.0 Å². The monoisotopic (exact) mass is 494 g/mol. The van der Waals surface area contributed by atoms with Gasteiger partial charge in [0.2, 0.25) is 5.91 Å². The molecule has 3 aromatic rings. The molecule has 2 amide bonds. The first-order valence-corrected chi connectivity index (χ1v) is 12.2. The van der Waals surface area contributed by atoms with Crippen molar-refractivity contribution in [2.24, 2.45) is 0 Å². The zero-order valence-electron chi connectivity index (χ0n) is 21.3. The van der Waals surface area contributed by atoms with Crippen LogP contribution in [0.15, 0.2) is 41.3 Å². The number of carbonyl (C=O) groups is 2. The minimum absolute atomic E-state index is 0.0358. The third-order valence-corrected chi connectivity index (χ3v) is 6.88. The van der Waals surface area contributed by atoms with E-state index in [-0.39, 0.29) is 17.5 Å². The van der Waals surface area contributed by atoms with E-state index in [9.17, 15) is 19.5 Å². The van der Waals surface area contributed by atoms with Gasteiger partial charge < -0.3 is 19.1 Å². The van der Waals surface area contributed by atoms with Gasteiger partial charge in [0.15, 0.2) is 0 Å². The lowest BCUT2D eigenvalue weighted by Crippen LogP contribution is -2.41. The van der Waals surface area contributed by atoms with Crippen LogP contribution in [0.25, 0.3) is 11.0 Å². The molecule has 1 aliphatic heterocycles. The summed E-state index contributed by atoms with van der Waals surface area (Å²) in [6.45, 7) is 3.98. The second-order valence-corrected chi connectivity index (χ2v) is 9.66. The van der Waals surface area contributed by atoms with E-state index in [4.69, 9.17) is 4.98 Å². The SMILES string of the molecule is CC1CCc2c(ccc3c2nc(CCn2ccccc2=O)n3CCN(C)CC(=O)N(C)C)N1C(=O)O. The summed E-state index contributed by atoms with van der Waals surface area (Å²) in [6.07, 6.45) is 2.84. The van der Waals surface area contributed by atoms with Crippen molar-refractivity contribution in [3.05, 3.63) is 58.3 Å². The Morgan fingerprint density at radius 1 is 1.14 bits per heavy atom. The highest BCUT2D eigenvalue weighted by Crippen LogP contribution is 2.36. The minimum Gasteiger partial charge on any atom is -0.465 e. The number of likely N-dealkylation sites (N-methyl/N-ethyl adjacent to an activating group) is 2. The van der Waals surface area contributed by atoms with Crippen LogP contribution in [0, 0.1) is 0 Å². The predicted octanol–water partition coefficient (Wildman–Crippen LogP) is 2.28. The molecule has 3 heterocycles.